The summed E-state index contributed by atoms with van der Waals surface area (Å²) in [6.45, 7) is 1.24. The molecule has 1 N–H and O–H groups in total. The van der Waals surface area contributed by atoms with Crippen LogP contribution in [0.3, 0.4) is 0 Å². The van der Waals surface area contributed by atoms with Gasteiger partial charge in [-0.25, -0.2) is 9.97 Å². The van der Waals surface area contributed by atoms with Gasteiger partial charge in [0, 0.05) is 18.8 Å². The first kappa shape index (κ1) is 9.50. The lowest BCUT2D eigenvalue weighted by Gasteiger charge is -2.04. The number of rotatable bonds is 4. The Hall–Kier alpha value is -2.05. The van der Waals surface area contributed by atoms with Crippen LogP contribution in [0.5, 0.6) is 0 Å². The lowest BCUT2D eigenvalue weighted by Crippen LogP contribution is -2.12. The summed E-state index contributed by atoms with van der Waals surface area (Å²) in [5.41, 5.74) is 0. The largest absolute Gasteiger partial charge is 0.368 e. The molecule has 0 radical (unpaired) electrons. The van der Waals surface area contributed by atoms with Crippen molar-refractivity contribution in [2.45, 2.75) is 6.54 Å². The van der Waals surface area contributed by atoms with Crippen LogP contribution >= 0.6 is 0 Å². The van der Waals surface area contributed by atoms with Crippen molar-refractivity contribution in [2.75, 3.05) is 11.9 Å². The third-order valence-corrected chi connectivity index (χ3v) is 1.75. The molecule has 2 aromatic rings. The van der Waals surface area contributed by atoms with Gasteiger partial charge in [-0.1, -0.05) is 5.21 Å². The van der Waals surface area contributed by atoms with Gasteiger partial charge in [0.25, 0.3) is 0 Å². The van der Waals surface area contributed by atoms with E-state index in [1.54, 1.807) is 17.1 Å². The van der Waals surface area contributed by atoms with Crippen LogP contribution in [-0.2, 0) is 6.54 Å². The molecular weight excluding hydrogens is 199 g/mol. The van der Waals surface area contributed by atoms with Gasteiger partial charge in [0.15, 0.2) is 0 Å². The maximum absolute atomic E-state index is 12.6. The zero-order valence-electron chi connectivity index (χ0n) is 7.84. The highest BCUT2D eigenvalue weighted by Crippen LogP contribution is 2.01. The Morgan fingerprint density at radius 2 is 2.33 bits per heavy atom. The van der Waals surface area contributed by atoms with E-state index in [-0.39, 0.29) is 0 Å². The van der Waals surface area contributed by atoms with E-state index in [0.29, 0.717) is 18.9 Å². The number of halogens is 1. The van der Waals surface area contributed by atoms with Gasteiger partial charge in [-0.2, -0.15) is 4.39 Å². The van der Waals surface area contributed by atoms with E-state index < -0.39 is 5.95 Å². The average Bonchev–Trinajstić information content (AvgIpc) is 2.71. The maximum atomic E-state index is 12.6. The molecule has 0 aromatic carbocycles. The lowest BCUT2D eigenvalue weighted by molar-refractivity contribution is 0.578. The minimum atomic E-state index is -0.548. The molecule has 0 aliphatic heterocycles. The van der Waals surface area contributed by atoms with Crippen molar-refractivity contribution in [3.8, 4) is 0 Å². The molecule has 0 saturated heterocycles. The second kappa shape index (κ2) is 4.45. The highest BCUT2D eigenvalue weighted by molar-refractivity contribution is 5.31. The van der Waals surface area contributed by atoms with E-state index in [1.165, 1.54) is 12.4 Å². The van der Waals surface area contributed by atoms with E-state index >= 15 is 0 Å². The fourth-order valence-electron chi connectivity index (χ4n) is 1.08. The van der Waals surface area contributed by atoms with Crippen molar-refractivity contribution >= 4 is 5.82 Å². The SMILES string of the molecule is Fc1cc(NCCn2ccnn2)ncn1. The molecule has 2 heterocycles. The van der Waals surface area contributed by atoms with Crippen molar-refractivity contribution in [1.29, 1.82) is 0 Å². The van der Waals surface area contributed by atoms with Gasteiger partial charge in [-0.3, -0.25) is 4.68 Å². The minimum Gasteiger partial charge on any atom is -0.368 e. The molecule has 0 fully saturated rings. The van der Waals surface area contributed by atoms with Crippen molar-refractivity contribution in [1.82, 2.24) is 25.0 Å². The Morgan fingerprint density at radius 3 is 3.07 bits per heavy atom. The van der Waals surface area contributed by atoms with Crippen molar-refractivity contribution in [3.05, 3.63) is 30.7 Å². The van der Waals surface area contributed by atoms with Crippen molar-refractivity contribution in [3.63, 3.8) is 0 Å². The van der Waals surface area contributed by atoms with Crippen LogP contribution in [0.1, 0.15) is 0 Å². The van der Waals surface area contributed by atoms with Gasteiger partial charge < -0.3 is 5.32 Å². The highest BCUT2D eigenvalue weighted by atomic mass is 19.1. The van der Waals surface area contributed by atoms with Crippen LogP contribution in [0.15, 0.2) is 24.8 Å². The third kappa shape index (κ3) is 2.70. The highest BCUT2D eigenvalue weighted by Gasteiger charge is 1.96. The summed E-state index contributed by atoms with van der Waals surface area (Å²) in [4.78, 5) is 7.20. The van der Waals surface area contributed by atoms with Crippen LogP contribution in [0.25, 0.3) is 0 Å². The van der Waals surface area contributed by atoms with E-state index in [4.69, 9.17) is 0 Å². The summed E-state index contributed by atoms with van der Waals surface area (Å²) in [5, 5.41) is 10.4. The van der Waals surface area contributed by atoms with E-state index in [0.717, 1.165) is 0 Å². The molecule has 78 valence electrons. The second-order valence-electron chi connectivity index (χ2n) is 2.82. The standard InChI is InChI=1S/C8H9FN6/c9-7-5-8(12-6-11-7)10-1-3-15-4-2-13-14-15/h2,4-6H,1,3H2,(H,10,11,12). The first-order chi connectivity index (χ1) is 7.34. The molecule has 2 rings (SSSR count). The Morgan fingerprint density at radius 1 is 1.40 bits per heavy atom. The molecule has 0 bridgehead atoms. The molecule has 6 nitrogen and oxygen atoms in total. The van der Waals surface area contributed by atoms with E-state index in [1.807, 2.05) is 0 Å². The molecule has 0 amide bonds. The zero-order chi connectivity index (χ0) is 10.5. The fraction of sp³-hybridized carbons (Fsp3) is 0.250. The predicted octanol–water partition coefficient (Wildman–Crippen LogP) is 0.319. The maximum Gasteiger partial charge on any atom is 0.217 e. The first-order valence-electron chi connectivity index (χ1n) is 4.40. The summed E-state index contributed by atoms with van der Waals surface area (Å²) in [6.07, 6.45) is 4.53. The number of aromatic nitrogens is 5. The Labute approximate surface area is 85.2 Å². The third-order valence-electron chi connectivity index (χ3n) is 1.75. The molecule has 7 heteroatoms. The molecule has 0 atom stereocenters. The average molecular weight is 208 g/mol. The summed E-state index contributed by atoms with van der Waals surface area (Å²) >= 11 is 0. The number of nitrogens with zero attached hydrogens (tertiary/aromatic N) is 5. The Bertz CT molecular complexity index is 415. The van der Waals surface area contributed by atoms with Gasteiger partial charge in [0.2, 0.25) is 5.95 Å². The van der Waals surface area contributed by atoms with Gasteiger partial charge in [-0.15, -0.1) is 5.10 Å². The fourth-order valence-corrected chi connectivity index (χ4v) is 1.08. The van der Waals surface area contributed by atoms with Crippen molar-refractivity contribution in [2.24, 2.45) is 0 Å². The molecule has 2 aromatic heterocycles. The quantitative estimate of drug-likeness (QED) is 0.733. The second-order valence-corrected chi connectivity index (χ2v) is 2.82. The minimum absolute atomic E-state index is 0.461. The summed E-state index contributed by atoms with van der Waals surface area (Å²) in [6, 6.07) is 1.24. The zero-order valence-corrected chi connectivity index (χ0v) is 7.84. The molecule has 0 aliphatic carbocycles. The lowest BCUT2D eigenvalue weighted by atomic mass is 10.5. The summed E-state index contributed by atoms with van der Waals surface area (Å²) in [7, 11) is 0. The van der Waals surface area contributed by atoms with Crippen molar-refractivity contribution < 1.29 is 4.39 Å². The topological polar surface area (TPSA) is 68.5 Å². The molecule has 0 unspecified atom stereocenters. The monoisotopic (exact) mass is 208 g/mol. The predicted molar refractivity (Wildman–Crippen MR) is 50.5 cm³/mol. The number of anilines is 1. The van der Waals surface area contributed by atoms with Crippen LogP contribution in [0.2, 0.25) is 0 Å². The molecule has 0 spiro atoms. The smallest absolute Gasteiger partial charge is 0.217 e. The Kier molecular flexibility index (Phi) is 2.82. The van der Waals surface area contributed by atoms with Crippen LogP contribution in [0, 0.1) is 5.95 Å². The molecule has 0 saturated carbocycles. The van der Waals surface area contributed by atoms with Crippen LogP contribution in [-0.4, -0.2) is 31.5 Å². The number of hydrogen-bond donors (Lipinski definition) is 1. The van der Waals surface area contributed by atoms with Crippen LogP contribution < -0.4 is 5.32 Å². The van der Waals surface area contributed by atoms with Gasteiger partial charge in [-0.05, 0) is 0 Å². The molecular formula is C8H9FN6. The van der Waals surface area contributed by atoms with Gasteiger partial charge >= 0.3 is 0 Å². The Balaban J connectivity index is 1.83. The normalized spacial score (nSPS) is 10.2. The molecule has 0 aliphatic rings. The number of nitrogens with one attached hydrogen (secondary N) is 1. The summed E-state index contributed by atoms with van der Waals surface area (Å²) in [5.74, 6) is -0.0872. The van der Waals surface area contributed by atoms with E-state index in [9.17, 15) is 4.39 Å². The first-order valence-corrected chi connectivity index (χ1v) is 4.40. The van der Waals surface area contributed by atoms with Gasteiger partial charge in [0.05, 0.1) is 12.7 Å². The summed E-state index contributed by atoms with van der Waals surface area (Å²) < 4.78 is 14.3. The van der Waals surface area contributed by atoms with Gasteiger partial charge in [0.1, 0.15) is 12.1 Å². The van der Waals surface area contributed by atoms with Crippen LogP contribution in [0.4, 0.5) is 10.2 Å². The number of hydrogen-bond acceptors (Lipinski definition) is 5. The van der Waals surface area contributed by atoms with E-state index in [2.05, 4.69) is 25.6 Å². The molecule has 15 heavy (non-hydrogen) atoms.